The molecule has 0 radical (unpaired) electrons. The van der Waals surface area contributed by atoms with Crippen LogP contribution < -0.4 is 5.32 Å². The van der Waals surface area contributed by atoms with Gasteiger partial charge in [0.05, 0.1) is 23.1 Å². The van der Waals surface area contributed by atoms with E-state index in [2.05, 4.69) is 30.5 Å². The van der Waals surface area contributed by atoms with Crippen molar-refractivity contribution in [3.05, 3.63) is 41.7 Å². The Kier molecular flexibility index (Phi) is 5.36. The number of carboxylic acids is 1. The number of halogens is 1. The highest BCUT2D eigenvalue weighted by Gasteiger charge is 2.28. The maximum atomic E-state index is 11.4. The van der Waals surface area contributed by atoms with Crippen molar-refractivity contribution in [2.45, 2.75) is 33.2 Å². The first-order valence-corrected chi connectivity index (χ1v) is 10.00. The van der Waals surface area contributed by atoms with Crippen LogP contribution in [0, 0.1) is 5.41 Å². The van der Waals surface area contributed by atoms with Gasteiger partial charge in [0.1, 0.15) is 17.2 Å². The van der Waals surface area contributed by atoms with E-state index in [0.717, 1.165) is 0 Å². The maximum absolute atomic E-state index is 11.4. The lowest BCUT2D eigenvalue weighted by Gasteiger charge is -2.31. The molecule has 0 spiro atoms. The van der Waals surface area contributed by atoms with Crippen molar-refractivity contribution in [1.29, 1.82) is 0 Å². The Bertz CT molecular complexity index is 1230. The molecule has 0 aromatic carbocycles. The summed E-state index contributed by atoms with van der Waals surface area (Å²) in [6.07, 6.45) is 3.01. The van der Waals surface area contributed by atoms with E-state index >= 15 is 0 Å². The molecular weight excluding hydrogens is 420 g/mol. The highest BCUT2D eigenvalue weighted by Crippen LogP contribution is 2.31. The molecule has 0 unspecified atom stereocenters. The third kappa shape index (κ3) is 4.51. The summed E-state index contributed by atoms with van der Waals surface area (Å²) in [5.74, 6) is 0.478. The van der Waals surface area contributed by atoms with Crippen molar-refractivity contribution in [2.75, 3.05) is 5.32 Å². The van der Waals surface area contributed by atoms with E-state index in [0.29, 0.717) is 44.8 Å². The van der Waals surface area contributed by atoms with Crippen molar-refractivity contribution < 1.29 is 14.3 Å². The van der Waals surface area contributed by atoms with Crippen LogP contribution in [-0.2, 0) is 4.79 Å². The normalized spacial score (nSPS) is 12.8. The van der Waals surface area contributed by atoms with Gasteiger partial charge in [0.2, 0.25) is 0 Å². The lowest BCUT2D eigenvalue weighted by atomic mass is 9.85. The quantitative estimate of drug-likeness (QED) is 0.395. The van der Waals surface area contributed by atoms with Crippen LogP contribution in [0.1, 0.15) is 27.2 Å². The van der Waals surface area contributed by atoms with E-state index < -0.39 is 5.97 Å². The number of aliphatic carboxylic acids is 1. The number of H-pyrrole nitrogens is 1. The summed E-state index contributed by atoms with van der Waals surface area (Å²) in [6.45, 7) is 5.91. The van der Waals surface area contributed by atoms with Crippen LogP contribution in [0.4, 0.5) is 5.82 Å². The van der Waals surface area contributed by atoms with Crippen molar-refractivity contribution in [3.63, 3.8) is 0 Å². The van der Waals surface area contributed by atoms with Gasteiger partial charge in [-0.3, -0.25) is 9.89 Å². The number of carboxylic acid groups (broad SMARTS) is 1. The van der Waals surface area contributed by atoms with Crippen LogP contribution in [0.3, 0.4) is 0 Å². The largest absolute Gasteiger partial charge is 0.481 e. The van der Waals surface area contributed by atoms with Crippen LogP contribution in [0.2, 0.25) is 5.02 Å². The van der Waals surface area contributed by atoms with E-state index in [-0.39, 0.29) is 17.9 Å². The van der Waals surface area contributed by atoms with Gasteiger partial charge in [-0.2, -0.15) is 5.10 Å². The first kappa shape index (κ1) is 20.8. The fraction of sp³-hybridized carbons (Fsp3) is 0.286. The Labute approximate surface area is 182 Å². The highest BCUT2D eigenvalue weighted by atomic mass is 35.5. The number of aromatic amines is 1. The van der Waals surface area contributed by atoms with Crippen LogP contribution >= 0.6 is 11.6 Å². The zero-order valence-electron chi connectivity index (χ0n) is 17.2. The summed E-state index contributed by atoms with van der Waals surface area (Å²) in [5.41, 5.74) is 1.25. The minimum Gasteiger partial charge on any atom is -0.481 e. The predicted octanol–water partition coefficient (Wildman–Crippen LogP) is 4.63. The molecule has 0 saturated carbocycles. The van der Waals surface area contributed by atoms with Gasteiger partial charge in [-0.25, -0.2) is 15.0 Å². The Morgan fingerprint density at radius 2 is 2.13 bits per heavy atom. The van der Waals surface area contributed by atoms with Gasteiger partial charge in [-0.1, -0.05) is 32.4 Å². The minimum atomic E-state index is -0.895. The molecule has 4 heterocycles. The second-order valence-electron chi connectivity index (χ2n) is 8.22. The fourth-order valence-corrected chi connectivity index (χ4v) is 3.31. The van der Waals surface area contributed by atoms with Crippen molar-refractivity contribution in [1.82, 2.24) is 25.1 Å². The molecule has 10 heteroatoms. The number of fused-ring (bicyclic) bond motifs is 1. The summed E-state index contributed by atoms with van der Waals surface area (Å²) >= 11 is 6.12. The summed E-state index contributed by atoms with van der Waals surface area (Å²) in [5, 5.41) is 20.9. The highest BCUT2D eigenvalue weighted by molar-refractivity contribution is 6.31. The fourth-order valence-electron chi connectivity index (χ4n) is 3.16. The second-order valence-corrected chi connectivity index (χ2v) is 8.66. The van der Waals surface area contributed by atoms with Crippen LogP contribution in [-0.4, -0.2) is 42.3 Å². The molecule has 4 aromatic heterocycles. The van der Waals surface area contributed by atoms with Crippen LogP contribution in [0.25, 0.3) is 34.0 Å². The van der Waals surface area contributed by atoms with Gasteiger partial charge in [-0.05, 0) is 23.6 Å². The van der Waals surface area contributed by atoms with Crippen molar-refractivity contribution >= 4 is 34.4 Å². The zero-order valence-corrected chi connectivity index (χ0v) is 17.9. The Morgan fingerprint density at radius 1 is 1.32 bits per heavy atom. The average Bonchev–Trinajstić information content (AvgIpc) is 3.36. The standard InChI is InChI=1S/C21H21ClN6O3/c1-21(2,3)15(9-17(29)30)25-16-8-13(14-5-4-6-31-14)24-20(26-16)18-12-7-11(22)10-23-19(12)28-27-18/h4-8,10,15H,9H2,1-3H3,(H,29,30)(H,23,27,28)(H,24,25,26)/t15-/m1/s1. The molecular formula is C21H21ClN6O3. The Balaban J connectivity index is 1.83. The number of pyridine rings is 1. The SMILES string of the molecule is CC(C)(C)[C@@H](CC(=O)O)Nc1cc(-c2ccco2)nc(-c2[nH]nc3ncc(Cl)cc23)n1. The number of nitrogens with one attached hydrogen (secondary N) is 2. The van der Waals surface area contributed by atoms with Gasteiger partial charge < -0.3 is 14.8 Å². The number of rotatable bonds is 6. The molecule has 0 aliphatic rings. The van der Waals surface area contributed by atoms with Crippen molar-refractivity contribution in [2.24, 2.45) is 5.41 Å². The van der Waals surface area contributed by atoms with Gasteiger partial charge in [0.15, 0.2) is 17.2 Å². The number of nitrogens with zero attached hydrogens (tertiary/aromatic N) is 4. The number of hydrogen-bond acceptors (Lipinski definition) is 7. The molecule has 9 nitrogen and oxygen atoms in total. The van der Waals surface area contributed by atoms with Gasteiger partial charge >= 0.3 is 5.97 Å². The number of hydrogen-bond donors (Lipinski definition) is 3. The molecule has 0 aliphatic carbocycles. The molecule has 1 atom stereocenters. The summed E-state index contributed by atoms with van der Waals surface area (Å²) in [6, 6.07) is 6.65. The molecule has 160 valence electrons. The first-order chi connectivity index (χ1) is 14.7. The Hall–Kier alpha value is -3.46. The van der Waals surface area contributed by atoms with Crippen LogP contribution in [0.5, 0.6) is 0 Å². The van der Waals surface area contributed by atoms with Gasteiger partial charge in [-0.15, -0.1) is 0 Å². The number of carbonyl (C=O) groups is 1. The topological polar surface area (TPSA) is 130 Å². The van der Waals surface area contributed by atoms with Gasteiger partial charge in [0, 0.05) is 18.3 Å². The monoisotopic (exact) mass is 440 g/mol. The lowest BCUT2D eigenvalue weighted by Crippen LogP contribution is -2.36. The Morgan fingerprint density at radius 3 is 2.81 bits per heavy atom. The van der Waals surface area contributed by atoms with Crippen LogP contribution in [0.15, 0.2) is 41.1 Å². The summed E-state index contributed by atoms with van der Waals surface area (Å²) < 4.78 is 5.52. The van der Waals surface area contributed by atoms with Crippen molar-refractivity contribution in [3.8, 4) is 23.0 Å². The molecule has 0 aliphatic heterocycles. The molecule has 4 rings (SSSR count). The van der Waals surface area contributed by atoms with E-state index in [1.165, 1.54) is 6.20 Å². The lowest BCUT2D eigenvalue weighted by molar-refractivity contribution is -0.137. The third-order valence-electron chi connectivity index (χ3n) is 4.85. The third-order valence-corrected chi connectivity index (χ3v) is 5.05. The minimum absolute atomic E-state index is 0.0640. The molecule has 3 N–H and O–H groups in total. The number of furan rings is 1. The van der Waals surface area contributed by atoms with Gasteiger partial charge in [0.25, 0.3) is 0 Å². The average molecular weight is 441 g/mol. The zero-order chi connectivity index (χ0) is 22.2. The van der Waals surface area contributed by atoms with E-state index in [4.69, 9.17) is 16.0 Å². The van der Waals surface area contributed by atoms with E-state index in [1.807, 2.05) is 20.8 Å². The maximum Gasteiger partial charge on any atom is 0.305 e. The molecule has 0 fully saturated rings. The first-order valence-electron chi connectivity index (χ1n) is 9.62. The summed E-state index contributed by atoms with van der Waals surface area (Å²) in [7, 11) is 0. The predicted molar refractivity (Wildman–Crippen MR) is 117 cm³/mol. The van der Waals surface area contributed by atoms with E-state index in [9.17, 15) is 9.90 Å². The molecule has 31 heavy (non-hydrogen) atoms. The molecule has 0 saturated heterocycles. The summed E-state index contributed by atoms with van der Waals surface area (Å²) in [4.78, 5) is 24.9. The smallest absolute Gasteiger partial charge is 0.305 e. The number of aromatic nitrogens is 5. The molecule has 4 aromatic rings. The second kappa shape index (κ2) is 7.99. The number of anilines is 1. The molecule has 0 amide bonds. The van der Waals surface area contributed by atoms with E-state index in [1.54, 1.807) is 30.5 Å². The molecule has 0 bridgehead atoms.